The molecule has 0 bridgehead atoms. The van der Waals surface area contributed by atoms with Crippen molar-refractivity contribution in [2.24, 2.45) is 4.99 Å². The lowest BCUT2D eigenvalue weighted by molar-refractivity contribution is 0.616. The highest BCUT2D eigenvalue weighted by molar-refractivity contribution is 5.79. The van der Waals surface area contributed by atoms with Crippen molar-refractivity contribution in [1.82, 2.24) is 20.2 Å². The molecular formula is C23H28FN5. The molecule has 2 aromatic carbocycles. The summed E-state index contributed by atoms with van der Waals surface area (Å²) in [6, 6.07) is 15.6. The van der Waals surface area contributed by atoms with Crippen molar-refractivity contribution in [1.29, 1.82) is 0 Å². The largest absolute Gasteiger partial charge is 0.357 e. The summed E-state index contributed by atoms with van der Waals surface area (Å²) in [5.74, 6) is 1.55. The molecule has 29 heavy (non-hydrogen) atoms. The summed E-state index contributed by atoms with van der Waals surface area (Å²) in [4.78, 5) is 9.05. The fourth-order valence-corrected chi connectivity index (χ4v) is 3.03. The normalized spacial score (nSPS) is 11.5. The number of aromatic nitrogens is 2. The summed E-state index contributed by atoms with van der Waals surface area (Å²) in [6.07, 6.45) is 4.63. The number of hydrogen-bond donors (Lipinski definition) is 2. The molecule has 0 saturated heterocycles. The molecule has 0 aliphatic heterocycles. The number of rotatable bonds is 8. The van der Waals surface area contributed by atoms with Crippen LogP contribution in [0.25, 0.3) is 0 Å². The molecule has 0 atom stereocenters. The third-order valence-corrected chi connectivity index (χ3v) is 4.64. The van der Waals surface area contributed by atoms with E-state index >= 15 is 0 Å². The van der Waals surface area contributed by atoms with E-state index in [4.69, 9.17) is 0 Å². The predicted molar refractivity (Wildman–Crippen MR) is 115 cm³/mol. The first kappa shape index (κ1) is 20.6. The number of aryl methyl sites for hydroxylation is 1. The van der Waals surface area contributed by atoms with Gasteiger partial charge in [0.25, 0.3) is 0 Å². The molecule has 5 nitrogen and oxygen atoms in total. The Kier molecular flexibility index (Phi) is 7.39. The van der Waals surface area contributed by atoms with Gasteiger partial charge in [0.15, 0.2) is 5.96 Å². The first-order chi connectivity index (χ1) is 14.2. The zero-order chi connectivity index (χ0) is 20.5. The van der Waals surface area contributed by atoms with E-state index in [0.29, 0.717) is 18.7 Å². The first-order valence-corrected chi connectivity index (χ1v) is 9.97. The highest BCUT2D eigenvalue weighted by atomic mass is 19.1. The van der Waals surface area contributed by atoms with Crippen LogP contribution in [0.1, 0.15) is 29.4 Å². The van der Waals surface area contributed by atoms with Crippen molar-refractivity contribution in [3.63, 3.8) is 0 Å². The van der Waals surface area contributed by atoms with Crippen molar-refractivity contribution in [2.75, 3.05) is 13.1 Å². The molecule has 0 radical (unpaired) electrons. The van der Waals surface area contributed by atoms with E-state index in [1.54, 1.807) is 19.1 Å². The van der Waals surface area contributed by atoms with Gasteiger partial charge < -0.3 is 15.2 Å². The predicted octanol–water partition coefficient (Wildman–Crippen LogP) is 3.68. The number of benzene rings is 2. The zero-order valence-corrected chi connectivity index (χ0v) is 17.0. The van der Waals surface area contributed by atoms with Crippen molar-refractivity contribution < 1.29 is 4.39 Å². The summed E-state index contributed by atoms with van der Waals surface area (Å²) in [6.45, 7) is 6.49. The Morgan fingerprint density at radius 2 is 1.93 bits per heavy atom. The van der Waals surface area contributed by atoms with Crippen LogP contribution in [-0.4, -0.2) is 28.6 Å². The van der Waals surface area contributed by atoms with E-state index in [2.05, 4.69) is 37.3 Å². The Balaban J connectivity index is 1.56. The quantitative estimate of drug-likeness (QED) is 0.453. The van der Waals surface area contributed by atoms with Crippen LogP contribution in [0, 0.1) is 12.7 Å². The lowest BCUT2D eigenvalue weighted by Crippen LogP contribution is -2.38. The smallest absolute Gasteiger partial charge is 0.191 e. The lowest BCUT2D eigenvalue weighted by atomic mass is 10.1. The second-order valence-corrected chi connectivity index (χ2v) is 6.91. The van der Waals surface area contributed by atoms with Crippen molar-refractivity contribution in [3.05, 3.63) is 89.3 Å². The highest BCUT2D eigenvalue weighted by Gasteiger charge is 2.05. The van der Waals surface area contributed by atoms with Crippen molar-refractivity contribution in [2.45, 2.75) is 33.4 Å². The SMILES string of the molecule is CCNC(=NCc1ccc(C)c(F)c1)NCCc1nccn1Cc1ccccc1. The lowest BCUT2D eigenvalue weighted by Gasteiger charge is -2.12. The van der Waals surface area contributed by atoms with Gasteiger partial charge >= 0.3 is 0 Å². The average molecular weight is 394 g/mol. The van der Waals surface area contributed by atoms with Crippen molar-refractivity contribution >= 4 is 5.96 Å². The zero-order valence-electron chi connectivity index (χ0n) is 17.0. The van der Waals surface area contributed by atoms with Crippen LogP contribution < -0.4 is 10.6 Å². The number of imidazole rings is 1. The summed E-state index contributed by atoms with van der Waals surface area (Å²) < 4.78 is 15.9. The maximum Gasteiger partial charge on any atom is 0.191 e. The monoisotopic (exact) mass is 393 g/mol. The Morgan fingerprint density at radius 3 is 2.69 bits per heavy atom. The van der Waals surface area contributed by atoms with Gasteiger partial charge in [-0.2, -0.15) is 0 Å². The molecule has 152 valence electrons. The van der Waals surface area contributed by atoms with Gasteiger partial charge in [0.2, 0.25) is 0 Å². The molecule has 0 unspecified atom stereocenters. The Hall–Kier alpha value is -3.15. The van der Waals surface area contributed by atoms with Gasteiger partial charge in [0.1, 0.15) is 11.6 Å². The van der Waals surface area contributed by atoms with E-state index < -0.39 is 0 Å². The second-order valence-electron chi connectivity index (χ2n) is 6.91. The standard InChI is InChI=1S/C23H28FN5/c1-3-25-23(28-16-20-10-9-18(2)21(24)15-20)27-12-11-22-26-13-14-29(22)17-19-7-5-4-6-8-19/h4-10,13-15H,3,11-12,16-17H2,1-2H3,(H2,25,27,28). The van der Waals surface area contributed by atoms with Gasteiger partial charge in [0, 0.05) is 38.4 Å². The van der Waals surface area contributed by atoms with Gasteiger partial charge in [-0.15, -0.1) is 0 Å². The van der Waals surface area contributed by atoms with E-state index in [1.165, 1.54) is 5.56 Å². The average Bonchev–Trinajstić information content (AvgIpc) is 3.16. The molecule has 0 amide bonds. The Labute approximate surface area is 171 Å². The molecule has 6 heteroatoms. The number of halogens is 1. The van der Waals surface area contributed by atoms with Crippen LogP contribution >= 0.6 is 0 Å². The minimum absolute atomic E-state index is 0.194. The Morgan fingerprint density at radius 1 is 1.10 bits per heavy atom. The minimum Gasteiger partial charge on any atom is -0.357 e. The van der Waals surface area contributed by atoms with E-state index in [-0.39, 0.29) is 5.82 Å². The molecule has 0 saturated carbocycles. The van der Waals surface area contributed by atoms with Crippen LogP contribution in [0.4, 0.5) is 4.39 Å². The first-order valence-electron chi connectivity index (χ1n) is 9.97. The van der Waals surface area contributed by atoms with E-state index in [0.717, 1.165) is 36.9 Å². The molecule has 1 aromatic heterocycles. The van der Waals surface area contributed by atoms with Crippen LogP contribution in [0.15, 0.2) is 65.9 Å². The third-order valence-electron chi connectivity index (χ3n) is 4.64. The molecular weight excluding hydrogens is 365 g/mol. The Bertz CT molecular complexity index is 933. The minimum atomic E-state index is -0.194. The van der Waals surface area contributed by atoms with Gasteiger partial charge in [-0.3, -0.25) is 0 Å². The van der Waals surface area contributed by atoms with Crippen molar-refractivity contribution in [3.8, 4) is 0 Å². The second kappa shape index (κ2) is 10.4. The number of hydrogen-bond acceptors (Lipinski definition) is 2. The van der Waals surface area contributed by atoms with Crippen LogP contribution in [0.3, 0.4) is 0 Å². The van der Waals surface area contributed by atoms with Gasteiger partial charge in [0.05, 0.1) is 6.54 Å². The molecule has 3 aromatic rings. The van der Waals surface area contributed by atoms with Gasteiger partial charge in [-0.25, -0.2) is 14.4 Å². The summed E-state index contributed by atoms with van der Waals surface area (Å²) in [7, 11) is 0. The molecule has 0 aliphatic carbocycles. The number of nitrogens with zero attached hydrogens (tertiary/aromatic N) is 3. The summed E-state index contributed by atoms with van der Waals surface area (Å²) in [5.41, 5.74) is 2.75. The molecule has 0 spiro atoms. The molecule has 2 N–H and O–H groups in total. The fraction of sp³-hybridized carbons (Fsp3) is 0.304. The van der Waals surface area contributed by atoms with E-state index in [1.807, 2.05) is 43.6 Å². The van der Waals surface area contributed by atoms with Gasteiger partial charge in [-0.1, -0.05) is 42.5 Å². The fourth-order valence-electron chi connectivity index (χ4n) is 3.03. The molecule has 0 aliphatic rings. The van der Waals surface area contributed by atoms with Crippen LogP contribution in [0.2, 0.25) is 0 Å². The summed E-state index contributed by atoms with van der Waals surface area (Å²) in [5, 5.41) is 6.57. The third kappa shape index (κ3) is 6.17. The number of nitrogens with one attached hydrogen (secondary N) is 2. The summed E-state index contributed by atoms with van der Waals surface area (Å²) >= 11 is 0. The number of guanidine groups is 1. The van der Waals surface area contributed by atoms with Gasteiger partial charge in [-0.05, 0) is 36.6 Å². The molecule has 3 rings (SSSR count). The van der Waals surface area contributed by atoms with Crippen LogP contribution in [0.5, 0.6) is 0 Å². The maximum absolute atomic E-state index is 13.7. The van der Waals surface area contributed by atoms with E-state index in [9.17, 15) is 4.39 Å². The highest BCUT2D eigenvalue weighted by Crippen LogP contribution is 2.10. The molecule has 0 fully saturated rings. The molecule has 1 heterocycles. The number of aliphatic imine (C=N–C) groups is 1. The maximum atomic E-state index is 13.7. The topological polar surface area (TPSA) is 54.2 Å². The van der Waals surface area contributed by atoms with Crippen LogP contribution in [-0.2, 0) is 19.5 Å².